The van der Waals surface area contributed by atoms with Gasteiger partial charge in [0.25, 0.3) is 10.0 Å². The zero-order valence-corrected chi connectivity index (χ0v) is 20.2. The molecule has 0 bridgehead atoms. The minimum atomic E-state index is -4.12. The van der Waals surface area contributed by atoms with E-state index in [1.165, 1.54) is 7.11 Å². The van der Waals surface area contributed by atoms with Crippen molar-refractivity contribution in [1.82, 2.24) is 0 Å². The highest BCUT2D eigenvalue weighted by Gasteiger charge is 2.30. The molecule has 0 aromatic heterocycles. The van der Waals surface area contributed by atoms with Crippen LogP contribution >= 0.6 is 0 Å². The van der Waals surface area contributed by atoms with E-state index in [-0.39, 0.29) is 10.6 Å². The number of nitrogens with one attached hydrogen (secondary N) is 1. The number of methoxy groups -OCH3 is 2. The monoisotopic (exact) mass is 468 g/mol. The fourth-order valence-corrected chi connectivity index (χ4v) is 5.17. The van der Waals surface area contributed by atoms with Crippen molar-refractivity contribution in [2.24, 2.45) is 0 Å². The van der Waals surface area contributed by atoms with Crippen LogP contribution in [0.1, 0.15) is 16.7 Å². The molecule has 3 rings (SSSR count). The number of ether oxygens (including phenoxy) is 2. The van der Waals surface area contributed by atoms with Crippen LogP contribution in [0.15, 0.2) is 65.6 Å². The van der Waals surface area contributed by atoms with Gasteiger partial charge < -0.3 is 14.8 Å². The molecule has 0 aliphatic carbocycles. The molecule has 3 aromatic carbocycles. The lowest BCUT2D eigenvalue weighted by Gasteiger charge is -2.26. The lowest BCUT2D eigenvalue weighted by Crippen LogP contribution is -2.38. The minimum Gasteiger partial charge on any atom is -0.497 e. The molecule has 0 aliphatic heterocycles. The highest BCUT2D eigenvalue weighted by Crippen LogP contribution is 2.32. The van der Waals surface area contributed by atoms with Gasteiger partial charge in [0.05, 0.1) is 19.9 Å². The van der Waals surface area contributed by atoms with Gasteiger partial charge in [-0.1, -0.05) is 12.1 Å². The third kappa shape index (κ3) is 5.64. The smallest absolute Gasteiger partial charge is 0.268 e. The number of nitrogens with zero attached hydrogens (tertiary/aromatic N) is 1. The van der Waals surface area contributed by atoms with Gasteiger partial charge in [-0.2, -0.15) is 0 Å². The van der Waals surface area contributed by atoms with Gasteiger partial charge in [-0.3, -0.25) is 9.10 Å². The molecule has 3 aromatic rings. The summed E-state index contributed by atoms with van der Waals surface area (Å²) in [5.74, 6) is 0.388. The molecule has 0 saturated carbocycles. The van der Waals surface area contributed by atoms with Gasteiger partial charge in [0, 0.05) is 5.69 Å². The van der Waals surface area contributed by atoms with Crippen molar-refractivity contribution < 1.29 is 22.7 Å². The maximum Gasteiger partial charge on any atom is 0.268 e. The third-order valence-corrected chi connectivity index (χ3v) is 6.84. The molecule has 7 nitrogen and oxygen atoms in total. The zero-order valence-electron chi connectivity index (χ0n) is 19.4. The van der Waals surface area contributed by atoms with Gasteiger partial charge in [-0.05, 0) is 86.0 Å². The fraction of sp³-hybridized carbons (Fsp3) is 0.240. The van der Waals surface area contributed by atoms with Crippen molar-refractivity contribution in [1.29, 1.82) is 0 Å². The molecule has 0 atom stereocenters. The molecule has 0 spiro atoms. The third-order valence-electron chi connectivity index (χ3n) is 5.04. The Kier molecular flexibility index (Phi) is 7.28. The minimum absolute atomic E-state index is 0.00130. The Morgan fingerprint density at radius 2 is 1.48 bits per heavy atom. The van der Waals surface area contributed by atoms with Gasteiger partial charge in [0.2, 0.25) is 5.91 Å². The first-order chi connectivity index (χ1) is 15.6. The second-order valence-electron chi connectivity index (χ2n) is 7.79. The first kappa shape index (κ1) is 24.1. The SMILES string of the molecule is COc1ccc(NC(=O)CN(c2cc(C)cc(C)c2)S(=O)(=O)c2cc(C)ccc2OC)cc1. The molecule has 1 amide bonds. The topological polar surface area (TPSA) is 84.9 Å². The summed E-state index contributed by atoms with van der Waals surface area (Å²) in [5.41, 5.74) is 3.47. The summed E-state index contributed by atoms with van der Waals surface area (Å²) in [7, 11) is -1.15. The average molecular weight is 469 g/mol. The number of amides is 1. The molecule has 0 unspecified atom stereocenters. The quantitative estimate of drug-likeness (QED) is 0.528. The average Bonchev–Trinajstić information content (AvgIpc) is 2.77. The number of aryl methyl sites for hydroxylation is 3. The number of carbonyl (C=O) groups excluding carboxylic acids is 1. The van der Waals surface area contributed by atoms with E-state index >= 15 is 0 Å². The van der Waals surface area contributed by atoms with Gasteiger partial charge in [-0.25, -0.2) is 8.42 Å². The molecule has 33 heavy (non-hydrogen) atoms. The highest BCUT2D eigenvalue weighted by molar-refractivity contribution is 7.93. The summed E-state index contributed by atoms with van der Waals surface area (Å²) in [4.78, 5) is 12.9. The number of anilines is 2. The van der Waals surface area contributed by atoms with E-state index in [0.29, 0.717) is 17.1 Å². The fourth-order valence-electron chi connectivity index (χ4n) is 3.52. The summed E-state index contributed by atoms with van der Waals surface area (Å²) in [6.07, 6.45) is 0. The second-order valence-corrected chi connectivity index (χ2v) is 9.62. The normalized spacial score (nSPS) is 11.1. The van der Waals surface area contributed by atoms with Crippen molar-refractivity contribution in [3.63, 3.8) is 0 Å². The summed E-state index contributed by atoms with van der Waals surface area (Å²) in [6, 6.07) is 17.2. The van der Waals surface area contributed by atoms with E-state index in [9.17, 15) is 13.2 Å². The van der Waals surface area contributed by atoms with Gasteiger partial charge in [-0.15, -0.1) is 0 Å². The van der Waals surface area contributed by atoms with Crippen molar-refractivity contribution >= 4 is 27.3 Å². The number of hydrogen-bond donors (Lipinski definition) is 1. The Balaban J connectivity index is 2.02. The highest BCUT2D eigenvalue weighted by atomic mass is 32.2. The Morgan fingerprint density at radius 1 is 0.848 bits per heavy atom. The standard InChI is InChI=1S/C25H28N2O5S/c1-17-6-11-23(32-5)24(15-17)33(29,30)27(21-13-18(2)12-19(3)14-21)16-25(28)26-20-7-9-22(31-4)10-8-20/h6-15H,16H2,1-5H3,(H,26,28). The van der Waals surface area contributed by atoms with E-state index in [0.717, 1.165) is 21.0 Å². The van der Waals surface area contributed by atoms with Crippen molar-refractivity contribution in [3.05, 3.63) is 77.4 Å². The lowest BCUT2D eigenvalue weighted by atomic mass is 10.1. The van der Waals surface area contributed by atoms with Crippen LogP contribution in [0.5, 0.6) is 11.5 Å². The molecule has 0 aliphatic rings. The van der Waals surface area contributed by atoms with Crippen LogP contribution in [0, 0.1) is 20.8 Å². The summed E-state index contributed by atoms with van der Waals surface area (Å²) < 4.78 is 39.2. The number of rotatable bonds is 8. The molecule has 0 heterocycles. The van der Waals surface area contributed by atoms with Gasteiger partial charge in [0.15, 0.2) is 0 Å². The van der Waals surface area contributed by atoms with Crippen LogP contribution in [0.3, 0.4) is 0 Å². The van der Waals surface area contributed by atoms with Gasteiger partial charge in [0.1, 0.15) is 22.9 Å². The van der Waals surface area contributed by atoms with E-state index in [1.54, 1.807) is 68.6 Å². The Morgan fingerprint density at radius 3 is 2.06 bits per heavy atom. The van der Waals surface area contributed by atoms with Crippen LogP contribution in [0.2, 0.25) is 0 Å². The number of hydrogen-bond acceptors (Lipinski definition) is 5. The van der Waals surface area contributed by atoms with Crippen molar-refractivity contribution in [3.8, 4) is 11.5 Å². The molecule has 0 fully saturated rings. The Bertz CT molecular complexity index is 1230. The number of sulfonamides is 1. The summed E-state index contributed by atoms with van der Waals surface area (Å²) in [6.45, 7) is 5.16. The largest absolute Gasteiger partial charge is 0.497 e. The number of benzene rings is 3. The van der Waals surface area contributed by atoms with Crippen LogP contribution in [0.25, 0.3) is 0 Å². The van der Waals surface area contributed by atoms with Crippen molar-refractivity contribution in [2.75, 3.05) is 30.4 Å². The van der Waals surface area contributed by atoms with Crippen molar-refractivity contribution in [2.45, 2.75) is 25.7 Å². The van der Waals surface area contributed by atoms with Crippen LogP contribution in [0.4, 0.5) is 11.4 Å². The Hall–Kier alpha value is -3.52. The maximum absolute atomic E-state index is 13.8. The van der Waals surface area contributed by atoms with Crippen LogP contribution in [-0.4, -0.2) is 35.1 Å². The first-order valence-electron chi connectivity index (χ1n) is 10.3. The van der Waals surface area contributed by atoms with E-state index in [2.05, 4.69) is 5.32 Å². The molecule has 174 valence electrons. The van der Waals surface area contributed by atoms with Crippen LogP contribution in [-0.2, 0) is 14.8 Å². The second kappa shape index (κ2) is 9.95. The Labute approximate surface area is 195 Å². The van der Waals surface area contributed by atoms with E-state index < -0.39 is 22.5 Å². The first-order valence-corrected chi connectivity index (χ1v) is 11.8. The van der Waals surface area contributed by atoms with Gasteiger partial charge >= 0.3 is 0 Å². The van der Waals surface area contributed by atoms with E-state index in [4.69, 9.17) is 9.47 Å². The molecule has 1 N–H and O–H groups in total. The van der Waals surface area contributed by atoms with E-state index in [1.807, 2.05) is 19.9 Å². The lowest BCUT2D eigenvalue weighted by molar-refractivity contribution is -0.114. The number of carbonyl (C=O) groups is 1. The predicted molar refractivity (Wildman–Crippen MR) is 130 cm³/mol. The summed E-state index contributed by atoms with van der Waals surface area (Å²) in [5, 5.41) is 2.75. The maximum atomic E-state index is 13.8. The molecule has 8 heteroatoms. The predicted octanol–water partition coefficient (Wildman–Crippen LogP) is 4.46. The molecule has 0 radical (unpaired) electrons. The summed E-state index contributed by atoms with van der Waals surface area (Å²) >= 11 is 0. The van der Waals surface area contributed by atoms with Crippen LogP contribution < -0.4 is 19.1 Å². The molecular formula is C25H28N2O5S. The zero-order chi connectivity index (χ0) is 24.2. The molecule has 0 saturated heterocycles. The molecular weight excluding hydrogens is 440 g/mol.